The van der Waals surface area contributed by atoms with Gasteiger partial charge in [-0.25, -0.2) is 9.78 Å². The molecule has 1 heterocycles. The number of nitrogens with zero attached hydrogens (tertiary/aromatic N) is 3. The van der Waals surface area contributed by atoms with Crippen LogP contribution in [-0.4, -0.2) is 27.8 Å². The minimum Gasteiger partial charge on any atom is -0.463 e. The van der Waals surface area contributed by atoms with Crippen LogP contribution in [0.15, 0.2) is 6.33 Å². The summed E-state index contributed by atoms with van der Waals surface area (Å²) >= 11 is 0. The first kappa shape index (κ1) is 11.1. The molecule has 88 valence electrons. The van der Waals surface area contributed by atoms with Crippen molar-refractivity contribution in [2.75, 3.05) is 7.11 Å². The Balaban J connectivity index is 1.85. The first-order chi connectivity index (χ1) is 7.79. The predicted molar refractivity (Wildman–Crippen MR) is 57.9 cm³/mol. The molecule has 5 nitrogen and oxygen atoms in total. The van der Waals surface area contributed by atoms with Crippen LogP contribution >= 0.6 is 0 Å². The number of ether oxygens (including phenoxy) is 1. The van der Waals surface area contributed by atoms with Crippen LogP contribution in [0, 0.1) is 5.92 Å². The van der Waals surface area contributed by atoms with E-state index in [1.165, 1.54) is 32.8 Å². The van der Waals surface area contributed by atoms with E-state index < -0.39 is 5.97 Å². The second kappa shape index (κ2) is 5.09. The Morgan fingerprint density at radius 3 is 3.00 bits per heavy atom. The van der Waals surface area contributed by atoms with Crippen molar-refractivity contribution in [3.05, 3.63) is 12.2 Å². The number of aromatic nitrogens is 3. The molecule has 1 aliphatic rings. The second-order valence-electron chi connectivity index (χ2n) is 4.26. The highest BCUT2D eigenvalue weighted by Gasteiger charge is 2.16. The molecule has 0 atom stereocenters. The van der Waals surface area contributed by atoms with Crippen molar-refractivity contribution in [3.8, 4) is 0 Å². The Bertz CT molecular complexity index is 356. The van der Waals surface area contributed by atoms with Crippen molar-refractivity contribution in [1.29, 1.82) is 0 Å². The van der Waals surface area contributed by atoms with Crippen molar-refractivity contribution < 1.29 is 9.53 Å². The highest BCUT2D eigenvalue weighted by Crippen LogP contribution is 2.27. The minimum atomic E-state index is -0.473. The summed E-state index contributed by atoms with van der Waals surface area (Å²) in [4.78, 5) is 15.0. The lowest BCUT2D eigenvalue weighted by molar-refractivity contribution is 0.0586. The molecule has 5 heteroatoms. The number of hydrogen-bond donors (Lipinski definition) is 0. The van der Waals surface area contributed by atoms with E-state index >= 15 is 0 Å². The molecular formula is C11H17N3O2. The Hall–Kier alpha value is -1.39. The van der Waals surface area contributed by atoms with E-state index in [1.54, 1.807) is 11.0 Å². The van der Waals surface area contributed by atoms with E-state index in [9.17, 15) is 4.79 Å². The fourth-order valence-electron chi connectivity index (χ4n) is 2.20. The Morgan fingerprint density at radius 2 is 2.31 bits per heavy atom. The molecule has 1 aliphatic carbocycles. The van der Waals surface area contributed by atoms with Crippen LogP contribution in [0.3, 0.4) is 0 Å². The first-order valence-corrected chi connectivity index (χ1v) is 5.77. The smallest absolute Gasteiger partial charge is 0.377 e. The van der Waals surface area contributed by atoms with Gasteiger partial charge in [0.05, 0.1) is 7.11 Å². The van der Waals surface area contributed by atoms with Gasteiger partial charge in [0.15, 0.2) is 0 Å². The number of rotatable bonds is 4. The molecule has 1 saturated carbocycles. The van der Waals surface area contributed by atoms with Gasteiger partial charge in [-0.05, 0) is 12.3 Å². The van der Waals surface area contributed by atoms with Gasteiger partial charge in [-0.1, -0.05) is 25.7 Å². The molecule has 0 spiro atoms. The number of methoxy groups -OCH3 is 1. The van der Waals surface area contributed by atoms with Gasteiger partial charge in [0.1, 0.15) is 6.33 Å². The van der Waals surface area contributed by atoms with Gasteiger partial charge < -0.3 is 4.74 Å². The monoisotopic (exact) mass is 223 g/mol. The summed E-state index contributed by atoms with van der Waals surface area (Å²) in [5.74, 6) is 0.499. The SMILES string of the molecule is COC(=O)c1ncn(CCC2CCCC2)n1. The van der Waals surface area contributed by atoms with Crippen LogP contribution in [0.25, 0.3) is 0 Å². The van der Waals surface area contributed by atoms with Gasteiger partial charge in [-0.3, -0.25) is 4.68 Å². The average Bonchev–Trinajstić information content (AvgIpc) is 2.96. The zero-order valence-electron chi connectivity index (χ0n) is 9.56. The van der Waals surface area contributed by atoms with Gasteiger partial charge in [-0.2, -0.15) is 0 Å². The van der Waals surface area contributed by atoms with Crippen LogP contribution in [0.5, 0.6) is 0 Å². The van der Waals surface area contributed by atoms with Crippen LogP contribution in [-0.2, 0) is 11.3 Å². The van der Waals surface area contributed by atoms with E-state index in [1.807, 2.05) is 0 Å². The van der Waals surface area contributed by atoms with E-state index in [4.69, 9.17) is 0 Å². The van der Waals surface area contributed by atoms with E-state index in [-0.39, 0.29) is 5.82 Å². The van der Waals surface area contributed by atoms with Crippen LogP contribution in [0.1, 0.15) is 42.7 Å². The molecule has 0 unspecified atom stereocenters. The molecule has 0 aromatic carbocycles. The highest BCUT2D eigenvalue weighted by atomic mass is 16.5. The highest BCUT2D eigenvalue weighted by molar-refractivity contribution is 5.84. The fraction of sp³-hybridized carbons (Fsp3) is 0.727. The van der Waals surface area contributed by atoms with Gasteiger partial charge in [-0.15, -0.1) is 5.10 Å². The minimum absolute atomic E-state index is 0.147. The van der Waals surface area contributed by atoms with E-state index in [2.05, 4.69) is 14.8 Å². The summed E-state index contributed by atoms with van der Waals surface area (Å²) in [5.41, 5.74) is 0. The summed E-state index contributed by atoms with van der Waals surface area (Å²) in [5, 5.41) is 4.07. The molecule has 0 bridgehead atoms. The maximum Gasteiger partial charge on any atom is 0.377 e. The molecule has 0 N–H and O–H groups in total. The average molecular weight is 223 g/mol. The normalized spacial score (nSPS) is 16.6. The standard InChI is InChI=1S/C11H17N3O2/c1-16-11(15)10-12-8-14(13-10)7-6-9-4-2-3-5-9/h8-9H,2-7H2,1H3. The largest absolute Gasteiger partial charge is 0.463 e. The molecule has 1 fully saturated rings. The number of esters is 1. The third kappa shape index (κ3) is 2.59. The molecule has 0 radical (unpaired) electrons. The topological polar surface area (TPSA) is 57.0 Å². The Kier molecular flexibility index (Phi) is 3.54. The predicted octanol–water partition coefficient (Wildman–Crippen LogP) is 1.65. The maximum absolute atomic E-state index is 11.1. The van der Waals surface area contributed by atoms with Crippen molar-refractivity contribution in [2.24, 2.45) is 5.92 Å². The molecule has 1 aromatic heterocycles. The molecule has 0 amide bonds. The lowest BCUT2D eigenvalue weighted by Crippen LogP contribution is -2.07. The molecule has 16 heavy (non-hydrogen) atoms. The van der Waals surface area contributed by atoms with Crippen LogP contribution in [0.4, 0.5) is 0 Å². The summed E-state index contributed by atoms with van der Waals surface area (Å²) < 4.78 is 6.28. The van der Waals surface area contributed by atoms with E-state index in [0.717, 1.165) is 18.9 Å². The molecule has 1 aromatic rings. The number of aryl methyl sites for hydroxylation is 1. The van der Waals surface area contributed by atoms with Gasteiger partial charge in [0, 0.05) is 6.54 Å². The van der Waals surface area contributed by atoms with Crippen LogP contribution in [0.2, 0.25) is 0 Å². The molecule has 0 aliphatic heterocycles. The van der Waals surface area contributed by atoms with Gasteiger partial charge in [0.2, 0.25) is 0 Å². The number of carbonyl (C=O) groups excluding carboxylic acids is 1. The van der Waals surface area contributed by atoms with Crippen molar-refractivity contribution >= 4 is 5.97 Å². The summed E-state index contributed by atoms with van der Waals surface area (Å²) in [6, 6.07) is 0. The third-order valence-electron chi connectivity index (χ3n) is 3.15. The van der Waals surface area contributed by atoms with Gasteiger partial charge in [0.25, 0.3) is 5.82 Å². The summed E-state index contributed by atoms with van der Waals surface area (Å²) in [7, 11) is 1.33. The zero-order valence-corrected chi connectivity index (χ0v) is 9.56. The molecule has 2 rings (SSSR count). The first-order valence-electron chi connectivity index (χ1n) is 5.77. The van der Waals surface area contributed by atoms with Crippen LogP contribution < -0.4 is 0 Å². The number of hydrogen-bond acceptors (Lipinski definition) is 4. The number of carbonyl (C=O) groups is 1. The molecule has 0 saturated heterocycles. The lowest BCUT2D eigenvalue weighted by Gasteiger charge is -2.07. The lowest BCUT2D eigenvalue weighted by atomic mass is 10.0. The second-order valence-corrected chi connectivity index (χ2v) is 4.26. The summed E-state index contributed by atoms with van der Waals surface area (Å²) in [6.07, 6.45) is 8.10. The quantitative estimate of drug-likeness (QED) is 0.728. The van der Waals surface area contributed by atoms with Crippen molar-refractivity contribution in [2.45, 2.75) is 38.6 Å². The van der Waals surface area contributed by atoms with Crippen molar-refractivity contribution in [1.82, 2.24) is 14.8 Å². The zero-order chi connectivity index (χ0) is 11.4. The van der Waals surface area contributed by atoms with E-state index in [0.29, 0.717) is 0 Å². The van der Waals surface area contributed by atoms with Gasteiger partial charge >= 0.3 is 5.97 Å². The third-order valence-corrected chi connectivity index (χ3v) is 3.15. The Labute approximate surface area is 94.8 Å². The molecular weight excluding hydrogens is 206 g/mol. The van der Waals surface area contributed by atoms with Crippen molar-refractivity contribution in [3.63, 3.8) is 0 Å². The Morgan fingerprint density at radius 1 is 1.56 bits per heavy atom. The fourth-order valence-corrected chi connectivity index (χ4v) is 2.20. The maximum atomic E-state index is 11.1. The summed E-state index contributed by atoms with van der Waals surface area (Å²) in [6.45, 7) is 0.842.